The summed E-state index contributed by atoms with van der Waals surface area (Å²) in [6.45, 7) is 14.2. The van der Waals surface area contributed by atoms with Crippen molar-refractivity contribution in [2.75, 3.05) is 32.8 Å². The highest BCUT2D eigenvalue weighted by Crippen LogP contribution is 2.11. The topological polar surface area (TPSA) is 55.2 Å². The van der Waals surface area contributed by atoms with Gasteiger partial charge in [0.05, 0.1) is 30.6 Å². The van der Waals surface area contributed by atoms with Crippen molar-refractivity contribution in [3.63, 3.8) is 0 Å². The van der Waals surface area contributed by atoms with E-state index in [1.54, 1.807) is 0 Å². The van der Waals surface area contributed by atoms with E-state index in [0.29, 0.717) is 6.04 Å². The summed E-state index contributed by atoms with van der Waals surface area (Å²) in [6.07, 6.45) is 2.02. The van der Waals surface area contributed by atoms with E-state index >= 15 is 0 Å². The number of nitrogens with one attached hydrogen (secondary N) is 1. The van der Waals surface area contributed by atoms with Gasteiger partial charge in [0.15, 0.2) is 0 Å². The van der Waals surface area contributed by atoms with Gasteiger partial charge in [0.25, 0.3) is 0 Å². The van der Waals surface area contributed by atoms with Crippen LogP contribution in [0.2, 0.25) is 0 Å². The van der Waals surface area contributed by atoms with E-state index in [0.717, 1.165) is 45.1 Å². The molecule has 1 fully saturated rings. The molecule has 1 aliphatic heterocycles. The fraction of sp³-hybridized carbons (Fsp3) is 0.857. The molecule has 0 spiro atoms. The predicted molar refractivity (Wildman–Crippen MR) is 78.6 cm³/mol. The summed E-state index contributed by atoms with van der Waals surface area (Å²) in [7, 11) is 0. The Kier molecular flexibility index (Phi) is 5.12. The molecule has 6 heteroatoms. The normalized spacial score (nSPS) is 19.2. The van der Waals surface area contributed by atoms with Crippen LogP contribution in [0.3, 0.4) is 0 Å². The molecule has 0 radical (unpaired) electrons. The maximum absolute atomic E-state index is 5.36. The van der Waals surface area contributed by atoms with Gasteiger partial charge in [0.2, 0.25) is 0 Å². The second-order valence-corrected chi connectivity index (χ2v) is 6.52. The lowest BCUT2D eigenvalue weighted by molar-refractivity contribution is 0.0343. The summed E-state index contributed by atoms with van der Waals surface area (Å²) in [5, 5.41) is 11.9. The number of ether oxygens (including phenoxy) is 1. The third-order valence-corrected chi connectivity index (χ3v) is 3.50. The average molecular weight is 281 g/mol. The molecule has 1 N–H and O–H groups in total. The minimum atomic E-state index is -0.00926. The fourth-order valence-electron chi connectivity index (χ4n) is 2.22. The standard InChI is InChI=1S/C14H27N5O/c1-12(10-18-5-7-20-8-6-18)15-9-13-11-19(17-16-13)14(2,3)4/h11-12,15H,5-10H2,1-4H3. The Morgan fingerprint density at radius 2 is 2.05 bits per heavy atom. The Morgan fingerprint density at radius 1 is 1.35 bits per heavy atom. The molecule has 1 atom stereocenters. The summed E-state index contributed by atoms with van der Waals surface area (Å²) in [5.41, 5.74) is 0.985. The van der Waals surface area contributed by atoms with Crippen LogP contribution in [0.4, 0.5) is 0 Å². The monoisotopic (exact) mass is 281 g/mol. The first-order valence-electron chi connectivity index (χ1n) is 7.40. The number of morpholine rings is 1. The van der Waals surface area contributed by atoms with Crippen molar-refractivity contribution in [3.8, 4) is 0 Å². The Hall–Kier alpha value is -0.980. The Bertz CT molecular complexity index is 406. The van der Waals surface area contributed by atoms with E-state index in [2.05, 4.69) is 48.2 Å². The van der Waals surface area contributed by atoms with Crippen LogP contribution in [0.5, 0.6) is 0 Å². The van der Waals surface area contributed by atoms with E-state index in [1.807, 2.05) is 10.9 Å². The minimum Gasteiger partial charge on any atom is -0.379 e. The molecule has 0 amide bonds. The van der Waals surface area contributed by atoms with Gasteiger partial charge < -0.3 is 10.1 Å². The lowest BCUT2D eigenvalue weighted by Gasteiger charge is -2.29. The van der Waals surface area contributed by atoms with Crippen molar-refractivity contribution in [3.05, 3.63) is 11.9 Å². The lowest BCUT2D eigenvalue weighted by atomic mass is 10.1. The van der Waals surface area contributed by atoms with Gasteiger partial charge in [-0.3, -0.25) is 4.90 Å². The Labute approximate surface area is 121 Å². The van der Waals surface area contributed by atoms with Gasteiger partial charge in [-0.1, -0.05) is 5.21 Å². The molecule has 1 aromatic rings. The summed E-state index contributed by atoms with van der Waals surface area (Å²) in [4.78, 5) is 2.44. The summed E-state index contributed by atoms with van der Waals surface area (Å²) in [6, 6.07) is 0.438. The zero-order chi connectivity index (χ0) is 14.6. The highest BCUT2D eigenvalue weighted by atomic mass is 16.5. The van der Waals surface area contributed by atoms with Crippen LogP contribution >= 0.6 is 0 Å². The average Bonchev–Trinajstić information content (AvgIpc) is 2.86. The van der Waals surface area contributed by atoms with Crippen molar-refractivity contribution in [1.82, 2.24) is 25.2 Å². The molecule has 0 saturated carbocycles. The van der Waals surface area contributed by atoms with Gasteiger partial charge in [-0.2, -0.15) is 0 Å². The maximum atomic E-state index is 5.36. The zero-order valence-electron chi connectivity index (χ0n) is 13.1. The van der Waals surface area contributed by atoms with Gasteiger partial charge in [-0.25, -0.2) is 4.68 Å². The summed E-state index contributed by atoms with van der Waals surface area (Å²) < 4.78 is 7.28. The molecular formula is C14H27N5O. The summed E-state index contributed by atoms with van der Waals surface area (Å²) >= 11 is 0. The van der Waals surface area contributed by atoms with Crippen LogP contribution < -0.4 is 5.32 Å². The second kappa shape index (κ2) is 6.65. The molecule has 2 heterocycles. The van der Waals surface area contributed by atoms with E-state index in [9.17, 15) is 0 Å². The maximum Gasteiger partial charge on any atom is 0.0965 e. The van der Waals surface area contributed by atoms with Crippen LogP contribution in [0.1, 0.15) is 33.4 Å². The first-order chi connectivity index (χ1) is 9.45. The number of hydrogen-bond acceptors (Lipinski definition) is 5. The van der Waals surface area contributed by atoms with Gasteiger partial charge in [0.1, 0.15) is 0 Å². The molecule has 0 aromatic carbocycles. The molecule has 20 heavy (non-hydrogen) atoms. The van der Waals surface area contributed by atoms with Crippen LogP contribution in [0, 0.1) is 0 Å². The summed E-state index contributed by atoms with van der Waals surface area (Å²) in [5.74, 6) is 0. The Morgan fingerprint density at radius 3 is 2.65 bits per heavy atom. The van der Waals surface area contributed by atoms with Crippen LogP contribution in [0.15, 0.2) is 6.20 Å². The molecule has 6 nitrogen and oxygen atoms in total. The van der Waals surface area contributed by atoms with E-state index in [4.69, 9.17) is 4.74 Å². The molecule has 0 aliphatic carbocycles. The highest BCUT2D eigenvalue weighted by Gasteiger charge is 2.16. The van der Waals surface area contributed by atoms with Crippen LogP contribution in [-0.2, 0) is 16.8 Å². The SMILES string of the molecule is CC(CN1CCOCC1)NCc1cn(C(C)(C)C)nn1. The predicted octanol–water partition coefficient (Wildman–Crippen LogP) is 0.843. The lowest BCUT2D eigenvalue weighted by Crippen LogP contribution is -2.44. The number of hydrogen-bond donors (Lipinski definition) is 1. The molecule has 114 valence electrons. The van der Waals surface area contributed by atoms with E-state index in [-0.39, 0.29) is 5.54 Å². The van der Waals surface area contributed by atoms with Crippen molar-refractivity contribution in [2.24, 2.45) is 0 Å². The van der Waals surface area contributed by atoms with Crippen molar-refractivity contribution < 1.29 is 4.74 Å². The zero-order valence-corrected chi connectivity index (χ0v) is 13.1. The minimum absolute atomic E-state index is 0.00926. The number of rotatable bonds is 5. The second-order valence-electron chi connectivity index (χ2n) is 6.52. The van der Waals surface area contributed by atoms with Gasteiger partial charge >= 0.3 is 0 Å². The molecule has 1 saturated heterocycles. The largest absolute Gasteiger partial charge is 0.379 e. The number of aromatic nitrogens is 3. The first-order valence-corrected chi connectivity index (χ1v) is 7.40. The van der Waals surface area contributed by atoms with E-state index < -0.39 is 0 Å². The molecule has 0 bridgehead atoms. The number of nitrogens with zero attached hydrogens (tertiary/aromatic N) is 4. The quantitative estimate of drug-likeness (QED) is 0.867. The Balaban J connectivity index is 1.75. The molecule has 1 unspecified atom stereocenters. The fourth-order valence-corrected chi connectivity index (χ4v) is 2.22. The molecule has 1 aromatic heterocycles. The molecular weight excluding hydrogens is 254 g/mol. The third kappa shape index (κ3) is 4.54. The van der Waals surface area contributed by atoms with Crippen LogP contribution in [-0.4, -0.2) is 58.8 Å². The first kappa shape index (κ1) is 15.4. The van der Waals surface area contributed by atoms with E-state index in [1.165, 1.54) is 0 Å². The van der Waals surface area contributed by atoms with Gasteiger partial charge in [-0.15, -0.1) is 5.10 Å². The van der Waals surface area contributed by atoms with Crippen LogP contribution in [0.25, 0.3) is 0 Å². The van der Waals surface area contributed by atoms with Crippen molar-refractivity contribution >= 4 is 0 Å². The third-order valence-electron chi connectivity index (χ3n) is 3.50. The van der Waals surface area contributed by atoms with Gasteiger partial charge in [-0.05, 0) is 27.7 Å². The van der Waals surface area contributed by atoms with Crippen molar-refractivity contribution in [1.29, 1.82) is 0 Å². The highest BCUT2D eigenvalue weighted by molar-refractivity contribution is 4.94. The molecule has 1 aliphatic rings. The smallest absolute Gasteiger partial charge is 0.0965 e. The van der Waals surface area contributed by atoms with Gasteiger partial charge in [0, 0.05) is 32.2 Å². The van der Waals surface area contributed by atoms with Crippen molar-refractivity contribution in [2.45, 2.75) is 45.8 Å². The molecule has 2 rings (SSSR count).